The van der Waals surface area contributed by atoms with E-state index in [2.05, 4.69) is 43.0 Å². The fraction of sp³-hybridized carbons (Fsp3) is 0.375. The van der Waals surface area contributed by atoms with Crippen molar-refractivity contribution in [2.75, 3.05) is 25.0 Å². The lowest BCUT2D eigenvalue weighted by Crippen LogP contribution is -2.35. The topological polar surface area (TPSA) is 123 Å². The number of benzene rings is 2. The first kappa shape index (κ1) is 33.0. The molecular weight excluding hydrogens is 676 g/mol. The fourth-order valence-electron chi connectivity index (χ4n) is 7.50. The van der Waals surface area contributed by atoms with Crippen LogP contribution in [0.25, 0.3) is 21.9 Å². The number of aryl methyl sites for hydroxylation is 1. The number of nitrogens with zero attached hydrogens (tertiary/aromatic N) is 6. The second-order valence-electron chi connectivity index (χ2n) is 14.4. The summed E-state index contributed by atoms with van der Waals surface area (Å²) < 4.78 is 14.1. The first-order chi connectivity index (χ1) is 25.4. The highest BCUT2D eigenvalue weighted by Gasteiger charge is 2.29. The van der Waals surface area contributed by atoms with Gasteiger partial charge in [-0.15, -0.1) is 0 Å². The maximum Gasteiger partial charge on any atom is 0.255 e. The number of pyridine rings is 2. The molecule has 1 aliphatic carbocycles. The van der Waals surface area contributed by atoms with Crippen molar-refractivity contribution in [1.29, 1.82) is 0 Å². The van der Waals surface area contributed by atoms with Gasteiger partial charge in [-0.05, 0) is 106 Å². The van der Waals surface area contributed by atoms with Crippen LogP contribution in [0.4, 0.5) is 5.69 Å². The smallest absolute Gasteiger partial charge is 0.255 e. The summed E-state index contributed by atoms with van der Waals surface area (Å²) in [5.74, 6) is 2.33. The first-order valence-electron chi connectivity index (χ1n) is 18.3. The second-order valence-corrected chi connectivity index (χ2v) is 14.8. The molecule has 266 valence electrons. The number of carbonyl (C=O) groups excluding carboxylic acids is 1. The van der Waals surface area contributed by atoms with Crippen molar-refractivity contribution in [1.82, 2.24) is 34.6 Å². The standard InChI is InChI=1S/C40H41ClN8O3/c1-24-17-30(19-32-38(24)46-47-39(32)26-5-6-26)43-40(50)27-7-10-35-34(18-27)44-36(49(35)21-31-13-16-51-31)22-48-14-11-25(12-15-48)33-3-2-4-37(45-33)52-23-29-9-8-28(41)20-42-29/h2-4,7-10,17-20,25-26,31H,5-6,11-16,21-23H2,1H3,(H,43,50)(H,46,47)/t31-/m0/s1. The highest BCUT2D eigenvalue weighted by atomic mass is 35.5. The summed E-state index contributed by atoms with van der Waals surface area (Å²) in [5, 5.41) is 12.6. The van der Waals surface area contributed by atoms with E-state index in [1.807, 2.05) is 54.6 Å². The Kier molecular flexibility index (Phi) is 8.86. The van der Waals surface area contributed by atoms with Gasteiger partial charge >= 0.3 is 0 Å². The van der Waals surface area contributed by atoms with Crippen LogP contribution < -0.4 is 10.1 Å². The molecule has 3 aliphatic rings. The number of anilines is 1. The Morgan fingerprint density at radius 1 is 1.02 bits per heavy atom. The zero-order chi connectivity index (χ0) is 35.2. The number of nitrogens with one attached hydrogen (secondary N) is 2. The average Bonchev–Trinajstić information content (AvgIpc) is 3.80. The molecule has 6 aromatic rings. The van der Waals surface area contributed by atoms with Crippen molar-refractivity contribution in [3.8, 4) is 5.88 Å². The molecule has 1 saturated carbocycles. The van der Waals surface area contributed by atoms with Gasteiger partial charge in [0.25, 0.3) is 5.91 Å². The van der Waals surface area contributed by atoms with Crippen molar-refractivity contribution in [3.63, 3.8) is 0 Å². The van der Waals surface area contributed by atoms with Gasteiger partial charge in [-0.1, -0.05) is 17.7 Å². The van der Waals surface area contributed by atoms with E-state index in [1.54, 1.807) is 6.20 Å². The molecule has 6 heterocycles. The predicted molar refractivity (Wildman–Crippen MR) is 200 cm³/mol. The summed E-state index contributed by atoms with van der Waals surface area (Å²) in [4.78, 5) is 30.3. The maximum atomic E-state index is 13.6. The number of ether oxygens (including phenoxy) is 2. The number of rotatable bonds is 11. The molecule has 9 rings (SSSR count). The largest absolute Gasteiger partial charge is 0.471 e. The summed E-state index contributed by atoms with van der Waals surface area (Å²) in [6.07, 6.45) is 7.18. The third-order valence-electron chi connectivity index (χ3n) is 10.7. The Morgan fingerprint density at radius 2 is 1.88 bits per heavy atom. The van der Waals surface area contributed by atoms with Crippen LogP contribution in [0.3, 0.4) is 0 Å². The SMILES string of the molecule is Cc1cc(NC(=O)c2ccc3c(c2)nc(CN2CCC(c4cccc(OCc5ccc(Cl)cn5)n4)CC2)n3C[C@@H]2CCO2)cc2c(C3CC3)n[nH]c12. The number of carbonyl (C=O) groups is 1. The number of aromatic amines is 1. The lowest BCUT2D eigenvalue weighted by Gasteiger charge is -2.32. The van der Waals surface area contributed by atoms with Crippen molar-refractivity contribution in [2.45, 2.75) is 76.7 Å². The highest BCUT2D eigenvalue weighted by Crippen LogP contribution is 2.43. The third kappa shape index (κ3) is 6.88. The molecule has 11 nitrogen and oxygen atoms in total. The normalized spacial score (nSPS) is 18.2. The molecule has 0 radical (unpaired) electrons. The van der Waals surface area contributed by atoms with Crippen molar-refractivity contribution < 1.29 is 14.3 Å². The summed E-state index contributed by atoms with van der Waals surface area (Å²) in [6.45, 7) is 6.55. The minimum atomic E-state index is -0.151. The quantitative estimate of drug-likeness (QED) is 0.141. The second kappa shape index (κ2) is 13.9. The molecule has 2 N–H and O–H groups in total. The molecule has 2 aromatic carbocycles. The molecule has 12 heteroatoms. The van der Waals surface area contributed by atoms with E-state index in [0.717, 1.165) is 108 Å². The van der Waals surface area contributed by atoms with E-state index in [0.29, 0.717) is 34.9 Å². The van der Waals surface area contributed by atoms with Crippen LogP contribution >= 0.6 is 11.6 Å². The van der Waals surface area contributed by atoms with Crippen LogP contribution in [0.1, 0.15) is 82.8 Å². The minimum absolute atomic E-state index is 0.151. The Hall–Kier alpha value is -4.84. The van der Waals surface area contributed by atoms with Gasteiger partial charge in [-0.2, -0.15) is 5.10 Å². The predicted octanol–water partition coefficient (Wildman–Crippen LogP) is 7.54. The number of hydrogen-bond donors (Lipinski definition) is 2. The van der Waals surface area contributed by atoms with Gasteiger partial charge in [0, 0.05) is 53.0 Å². The monoisotopic (exact) mass is 716 g/mol. The molecule has 1 atom stereocenters. The fourth-order valence-corrected chi connectivity index (χ4v) is 7.61. The summed E-state index contributed by atoms with van der Waals surface area (Å²) in [7, 11) is 0. The molecular formula is C40H41ClN8O3. The molecule has 0 bridgehead atoms. The molecule has 4 aromatic heterocycles. The van der Waals surface area contributed by atoms with Gasteiger partial charge in [-0.3, -0.25) is 19.8 Å². The van der Waals surface area contributed by atoms with Gasteiger partial charge in [0.05, 0.1) is 52.2 Å². The number of halogens is 1. The Bertz CT molecular complexity index is 2250. The Balaban J connectivity index is 0.881. The first-order valence-corrected chi connectivity index (χ1v) is 18.6. The van der Waals surface area contributed by atoms with Gasteiger partial charge in [0.2, 0.25) is 5.88 Å². The molecule has 52 heavy (non-hydrogen) atoms. The van der Waals surface area contributed by atoms with E-state index in [1.165, 1.54) is 12.8 Å². The number of piperidine rings is 1. The molecule has 0 spiro atoms. The van der Waals surface area contributed by atoms with E-state index in [-0.39, 0.29) is 12.0 Å². The number of fused-ring (bicyclic) bond motifs is 2. The van der Waals surface area contributed by atoms with Gasteiger partial charge < -0.3 is 19.4 Å². The Morgan fingerprint density at radius 3 is 2.65 bits per heavy atom. The minimum Gasteiger partial charge on any atom is -0.471 e. The summed E-state index contributed by atoms with van der Waals surface area (Å²) in [6, 6.07) is 19.6. The van der Waals surface area contributed by atoms with Gasteiger partial charge in [-0.25, -0.2) is 9.97 Å². The number of amides is 1. The zero-order valence-electron chi connectivity index (χ0n) is 29.1. The molecule has 0 unspecified atom stereocenters. The summed E-state index contributed by atoms with van der Waals surface area (Å²) >= 11 is 5.96. The molecule has 1 amide bonds. The third-order valence-corrected chi connectivity index (χ3v) is 10.9. The van der Waals surface area contributed by atoms with E-state index in [4.69, 9.17) is 31.0 Å². The van der Waals surface area contributed by atoms with Crippen molar-refractivity contribution in [3.05, 3.63) is 106 Å². The number of likely N-dealkylation sites (tertiary alicyclic amines) is 1. The Labute approximate surface area is 306 Å². The number of H-pyrrole nitrogens is 1. The summed E-state index contributed by atoms with van der Waals surface area (Å²) in [5.41, 5.74) is 8.28. The van der Waals surface area contributed by atoms with E-state index >= 15 is 0 Å². The number of aromatic nitrogens is 6. The van der Waals surface area contributed by atoms with Crippen molar-refractivity contribution >= 4 is 45.1 Å². The number of hydrogen-bond acceptors (Lipinski definition) is 8. The lowest BCUT2D eigenvalue weighted by molar-refractivity contribution is -0.0592. The zero-order valence-corrected chi connectivity index (χ0v) is 29.9. The molecule has 3 fully saturated rings. The van der Waals surface area contributed by atoms with Crippen molar-refractivity contribution in [2.24, 2.45) is 0 Å². The van der Waals surface area contributed by atoms with Crippen LogP contribution in [0, 0.1) is 6.92 Å². The van der Waals surface area contributed by atoms with Crippen LogP contribution in [-0.4, -0.2) is 66.3 Å². The van der Waals surface area contributed by atoms with Crippen LogP contribution in [0.2, 0.25) is 5.02 Å². The van der Waals surface area contributed by atoms with Crippen LogP contribution in [0.5, 0.6) is 5.88 Å². The maximum absolute atomic E-state index is 13.6. The average molecular weight is 717 g/mol. The van der Waals surface area contributed by atoms with Crippen LogP contribution in [0.15, 0.2) is 66.9 Å². The van der Waals surface area contributed by atoms with Crippen LogP contribution in [-0.2, 0) is 24.4 Å². The van der Waals surface area contributed by atoms with Gasteiger partial charge in [0.15, 0.2) is 0 Å². The molecule has 2 saturated heterocycles. The van der Waals surface area contributed by atoms with E-state index < -0.39 is 0 Å². The van der Waals surface area contributed by atoms with E-state index in [9.17, 15) is 4.79 Å². The molecule has 2 aliphatic heterocycles. The lowest BCUT2D eigenvalue weighted by atomic mass is 9.93. The highest BCUT2D eigenvalue weighted by molar-refractivity contribution is 6.30. The van der Waals surface area contributed by atoms with Gasteiger partial charge in [0.1, 0.15) is 12.4 Å². The number of imidazole rings is 1.